The maximum atomic E-state index is 13.0. The first-order valence-electron chi connectivity index (χ1n) is 10.7. The van der Waals surface area contributed by atoms with Gasteiger partial charge in [-0.3, -0.25) is 4.79 Å². The van der Waals surface area contributed by atoms with Crippen molar-refractivity contribution >= 4 is 5.91 Å². The number of carbonyl (C=O) groups excluding carboxylic acids is 1. The summed E-state index contributed by atoms with van der Waals surface area (Å²) < 4.78 is 6.34. The number of aromatic hydroxyl groups is 1. The molecule has 4 nitrogen and oxygen atoms in total. The predicted octanol–water partition coefficient (Wildman–Crippen LogP) is 5.62. The number of carbonyl (C=O) groups is 1. The van der Waals surface area contributed by atoms with Crippen molar-refractivity contribution in [3.8, 4) is 11.5 Å². The highest BCUT2D eigenvalue weighted by Gasteiger charge is 2.46. The Morgan fingerprint density at radius 2 is 2.07 bits per heavy atom. The van der Waals surface area contributed by atoms with E-state index in [9.17, 15) is 9.90 Å². The topological polar surface area (TPSA) is 58.6 Å². The summed E-state index contributed by atoms with van der Waals surface area (Å²) in [5.74, 6) is 0.990. The molecule has 3 atom stereocenters. The molecular formula is C24H35NO3. The average molecular weight is 386 g/mol. The van der Waals surface area contributed by atoms with E-state index in [0.29, 0.717) is 11.3 Å². The summed E-state index contributed by atoms with van der Waals surface area (Å²) in [7, 11) is 0. The average Bonchev–Trinajstić information content (AvgIpc) is 2.59. The van der Waals surface area contributed by atoms with Crippen LogP contribution in [0.4, 0.5) is 0 Å². The highest BCUT2D eigenvalue weighted by atomic mass is 16.5. The molecule has 0 spiro atoms. The van der Waals surface area contributed by atoms with Gasteiger partial charge in [-0.2, -0.15) is 0 Å². The van der Waals surface area contributed by atoms with Gasteiger partial charge in [-0.15, -0.1) is 0 Å². The van der Waals surface area contributed by atoms with Gasteiger partial charge in [-0.1, -0.05) is 31.9 Å². The second kappa shape index (κ2) is 7.81. The van der Waals surface area contributed by atoms with Gasteiger partial charge in [0.15, 0.2) is 0 Å². The van der Waals surface area contributed by atoms with Crippen LogP contribution in [0.3, 0.4) is 0 Å². The summed E-state index contributed by atoms with van der Waals surface area (Å²) in [5.41, 5.74) is 2.97. The van der Waals surface area contributed by atoms with Crippen molar-refractivity contribution in [1.82, 2.24) is 5.32 Å². The quantitative estimate of drug-likeness (QED) is 0.647. The van der Waals surface area contributed by atoms with E-state index in [1.807, 2.05) is 13.0 Å². The maximum Gasteiger partial charge on any atom is 0.255 e. The molecule has 1 aliphatic heterocycles. The fraction of sp³-hybridized carbons (Fsp3) is 0.625. The van der Waals surface area contributed by atoms with Crippen LogP contribution in [0.1, 0.15) is 94.1 Å². The van der Waals surface area contributed by atoms with Crippen molar-refractivity contribution in [2.45, 2.75) is 91.2 Å². The highest BCUT2D eigenvalue weighted by molar-refractivity contribution is 5.99. The van der Waals surface area contributed by atoms with Crippen molar-refractivity contribution < 1.29 is 14.6 Å². The lowest BCUT2D eigenvalue weighted by molar-refractivity contribution is 0.0107. The molecule has 0 bridgehead atoms. The van der Waals surface area contributed by atoms with Gasteiger partial charge in [0.25, 0.3) is 5.91 Å². The van der Waals surface area contributed by atoms with E-state index in [4.69, 9.17) is 4.74 Å². The third-order valence-corrected chi connectivity index (χ3v) is 6.54. The molecular weight excluding hydrogens is 350 g/mol. The Bertz CT molecular complexity index is 794. The number of phenolic OH excluding ortho intramolecular Hbond substituents is 1. The number of ether oxygens (including phenoxy) is 1. The maximum absolute atomic E-state index is 13.0. The van der Waals surface area contributed by atoms with E-state index in [0.717, 1.165) is 43.2 Å². The van der Waals surface area contributed by atoms with Crippen LogP contribution in [0.25, 0.3) is 0 Å². The number of aryl methyl sites for hydroxylation is 1. The molecule has 3 rings (SSSR count). The Balaban J connectivity index is 2.06. The van der Waals surface area contributed by atoms with Crippen molar-refractivity contribution in [3.05, 3.63) is 34.4 Å². The Kier molecular flexibility index (Phi) is 5.79. The summed E-state index contributed by atoms with van der Waals surface area (Å²) in [6.45, 7) is 12.5. The van der Waals surface area contributed by atoms with Crippen LogP contribution in [0.15, 0.2) is 17.7 Å². The van der Waals surface area contributed by atoms with Crippen LogP contribution in [0.5, 0.6) is 11.5 Å². The van der Waals surface area contributed by atoms with Gasteiger partial charge >= 0.3 is 0 Å². The number of hydrogen-bond acceptors (Lipinski definition) is 3. The number of hydrogen-bond donors (Lipinski definition) is 2. The molecule has 154 valence electrons. The molecule has 4 heteroatoms. The second-order valence-corrected chi connectivity index (χ2v) is 9.09. The first kappa shape index (κ1) is 20.8. The standard InChI is InChI=1S/C24H35NO3/c1-7-9-16(8-2)25-23(27)20-15(4)13-19-21(22(20)26)17-12-14(3)10-11-18(17)24(5,6)28-19/h12-13,16-18,26H,7-11H2,1-6H3,(H,25,27). The number of phenols is 1. The number of fused-ring (bicyclic) bond motifs is 3. The molecule has 0 saturated carbocycles. The lowest BCUT2D eigenvalue weighted by Crippen LogP contribution is -2.45. The Labute approximate surface area is 169 Å². The molecule has 1 aromatic carbocycles. The molecule has 3 unspecified atom stereocenters. The monoisotopic (exact) mass is 385 g/mol. The summed E-state index contributed by atoms with van der Waals surface area (Å²) in [6, 6.07) is 2.06. The minimum atomic E-state index is -0.300. The van der Waals surface area contributed by atoms with E-state index in [1.165, 1.54) is 5.57 Å². The minimum Gasteiger partial charge on any atom is -0.507 e. The summed E-state index contributed by atoms with van der Waals surface area (Å²) in [6.07, 6.45) is 7.19. The molecule has 0 saturated heterocycles. The zero-order valence-electron chi connectivity index (χ0n) is 18.2. The van der Waals surface area contributed by atoms with Crippen LogP contribution in [0, 0.1) is 12.8 Å². The fourth-order valence-electron chi connectivity index (χ4n) is 4.95. The van der Waals surface area contributed by atoms with E-state index in [1.54, 1.807) is 0 Å². The van der Waals surface area contributed by atoms with Gasteiger partial charge < -0.3 is 15.2 Å². The van der Waals surface area contributed by atoms with Crippen LogP contribution in [0.2, 0.25) is 0 Å². The SMILES string of the molecule is CCCC(CC)NC(=O)c1c(C)cc2c(c1O)C1C=C(C)CCC1C(C)(C)O2. The normalized spacial score (nSPS) is 23.7. The summed E-state index contributed by atoms with van der Waals surface area (Å²) in [5, 5.41) is 14.3. The first-order valence-corrected chi connectivity index (χ1v) is 10.7. The zero-order valence-corrected chi connectivity index (χ0v) is 18.2. The van der Waals surface area contributed by atoms with Gasteiger partial charge in [-0.25, -0.2) is 0 Å². The fourth-order valence-corrected chi connectivity index (χ4v) is 4.95. The number of amides is 1. The van der Waals surface area contributed by atoms with Crippen LogP contribution < -0.4 is 10.1 Å². The van der Waals surface area contributed by atoms with Gasteiger partial charge in [0.2, 0.25) is 0 Å². The molecule has 0 aromatic heterocycles. The van der Waals surface area contributed by atoms with E-state index in [2.05, 4.69) is 46.0 Å². The molecule has 1 aliphatic carbocycles. The first-order chi connectivity index (χ1) is 13.2. The summed E-state index contributed by atoms with van der Waals surface area (Å²) >= 11 is 0. The van der Waals surface area contributed by atoms with Gasteiger partial charge in [-0.05, 0) is 65.0 Å². The highest BCUT2D eigenvalue weighted by Crippen LogP contribution is 2.54. The predicted molar refractivity (Wildman–Crippen MR) is 113 cm³/mol. The second-order valence-electron chi connectivity index (χ2n) is 9.09. The molecule has 0 radical (unpaired) electrons. The smallest absolute Gasteiger partial charge is 0.255 e. The third-order valence-electron chi connectivity index (χ3n) is 6.54. The van der Waals surface area contributed by atoms with E-state index < -0.39 is 0 Å². The molecule has 2 N–H and O–H groups in total. The number of rotatable bonds is 5. The van der Waals surface area contributed by atoms with Crippen molar-refractivity contribution in [1.29, 1.82) is 0 Å². The van der Waals surface area contributed by atoms with Crippen molar-refractivity contribution in [2.75, 3.05) is 0 Å². The van der Waals surface area contributed by atoms with Gasteiger partial charge in [0, 0.05) is 23.4 Å². The molecule has 1 aromatic rings. The lowest BCUT2D eigenvalue weighted by atomic mass is 9.67. The zero-order chi connectivity index (χ0) is 20.6. The number of allylic oxidation sites excluding steroid dienone is 2. The van der Waals surface area contributed by atoms with Crippen molar-refractivity contribution in [2.24, 2.45) is 5.92 Å². The molecule has 0 fully saturated rings. The Morgan fingerprint density at radius 1 is 1.36 bits per heavy atom. The Hall–Kier alpha value is -1.97. The Morgan fingerprint density at radius 3 is 2.71 bits per heavy atom. The van der Waals surface area contributed by atoms with Gasteiger partial charge in [0.05, 0.1) is 5.56 Å². The largest absolute Gasteiger partial charge is 0.507 e. The van der Waals surface area contributed by atoms with Crippen LogP contribution in [-0.2, 0) is 0 Å². The minimum absolute atomic E-state index is 0.0808. The van der Waals surface area contributed by atoms with E-state index in [-0.39, 0.29) is 35.1 Å². The number of nitrogens with one attached hydrogen (secondary N) is 1. The summed E-state index contributed by atoms with van der Waals surface area (Å²) in [4.78, 5) is 13.0. The third kappa shape index (κ3) is 3.66. The molecule has 1 heterocycles. The molecule has 1 amide bonds. The van der Waals surface area contributed by atoms with Crippen molar-refractivity contribution in [3.63, 3.8) is 0 Å². The van der Waals surface area contributed by atoms with Crippen LogP contribution in [-0.4, -0.2) is 22.7 Å². The van der Waals surface area contributed by atoms with Crippen LogP contribution >= 0.6 is 0 Å². The lowest BCUT2D eigenvalue weighted by Gasteiger charge is -2.46. The molecule has 2 aliphatic rings. The number of benzene rings is 1. The molecule has 28 heavy (non-hydrogen) atoms. The van der Waals surface area contributed by atoms with E-state index >= 15 is 0 Å². The van der Waals surface area contributed by atoms with Gasteiger partial charge in [0.1, 0.15) is 17.1 Å².